The molecule has 0 radical (unpaired) electrons. The van der Waals surface area contributed by atoms with E-state index in [1.807, 2.05) is 24.3 Å². The average molecular weight is 389 g/mol. The largest absolute Gasteiger partial charge is 0.493 e. The third kappa shape index (κ3) is 5.58. The van der Waals surface area contributed by atoms with Crippen LogP contribution in [-0.2, 0) is 25.6 Å². The van der Waals surface area contributed by atoms with E-state index >= 15 is 0 Å². The van der Waals surface area contributed by atoms with Gasteiger partial charge in [-0.1, -0.05) is 12.1 Å². The van der Waals surface area contributed by atoms with Gasteiger partial charge in [0.2, 0.25) is 0 Å². The van der Waals surface area contributed by atoms with E-state index in [0.29, 0.717) is 39.3 Å². The van der Waals surface area contributed by atoms with E-state index in [9.17, 15) is 4.79 Å². The van der Waals surface area contributed by atoms with Crippen molar-refractivity contribution in [3.8, 4) is 16.9 Å². The number of carbonyl (C=O) groups excluding carboxylic acids is 1. The summed E-state index contributed by atoms with van der Waals surface area (Å²) in [6.07, 6.45) is 4.96. The van der Waals surface area contributed by atoms with Crippen LogP contribution in [0.2, 0.25) is 0 Å². The highest BCUT2D eigenvalue weighted by molar-refractivity contribution is 5.71. The van der Waals surface area contributed by atoms with Crippen molar-refractivity contribution in [3.63, 3.8) is 0 Å². The molecule has 1 aromatic heterocycles. The number of ether oxygens (including phenoxy) is 4. The summed E-state index contributed by atoms with van der Waals surface area (Å²) < 4.78 is 27.2. The van der Waals surface area contributed by atoms with Gasteiger partial charge in [0, 0.05) is 37.7 Å². The lowest BCUT2D eigenvalue weighted by Gasteiger charge is -2.18. The predicted molar refractivity (Wildman–Crippen MR) is 103 cm³/mol. The molecule has 7 heteroatoms. The van der Waals surface area contributed by atoms with Crippen LogP contribution in [0, 0.1) is 0 Å². The van der Waals surface area contributed by atoms with E-state index < -0.39 is 0 Å². The average Bonchev–Trinajstić information content (AvgIpc) is 3.37. The number of hydrogen-bond acceptors (Lipinski definition) is 7. The molecule has 7 nitrogen and oxygen atoms in total. The second-order valence-corrected chi connectivity index (χ2v) is 6.78. The first-order valence-electron chi connectivity index (χ1n) is 9.47. The van der Waals surface area contributed by atoms with Gasteiger partial charge in [-0.25, -0.2) is 0 Å². The number of rotatable bonds is 11. The molecular formula is C21H27NO6. The number of cyclic esters (lactones) is 1. The fraction of sp³-hybridized carbons (Fsp3) is 0.476. The molecule has 1 aliphatic heterocycles. The molecule has 0 aliphatic carbocycles. The van der Waals surface area contributed by atoms with Gasteiger partial charge in [-0.3, -0.25) is 4.79 Å². The highest BCUT2D eigenvalue weighted by atomic mass is 16.6. The molecule has 0 spiro atoms. The van der Waals surface area contributed by atoms with Gasteiger partial charge in [-0.05, 0) is 24.1 Å². The molecule has 28 heavy (non-hydrogen) atoms. The molecule has 0 bridgehead atoms. The molecule has 2 unspecified atom stereocenters. The van der Waals surface area contributed by atoms with Crippen molar-refractivity contribution in [2.75, 3.05) is 26.9 Å². The van der Waals surface area contributed by atoms with Crippen LogP contribution in [-0.4, -0.2) is 45.0 Å². The van der Waals surface area contributed by atoms with Gasteiger partial charge in [0.1, 0.15) is 11.9 Å². The number of methoxy groups -OCH3 is 1. The molecule has 2 aromatic rings. The van der Waals surface area contributed by atoms with Gasteiger partial charge >= 0.3 is 5.97 Å². The Labute approximate surface area is 164 Å². The lowest BCUT2D eigenvalue weighted by atomic mass is 10.1. The van der Waals surface area contributed by atoms with E-state index in [-0.39, 0.29) is 18.1 Å². The van der Waals surface area contributed by atoms with Crippen molar-refractivity contribution < 1.29 is 28.2 Å². The van der Waals surface area contributed by atoms with Crippen LogP contribution < -0.4 is 10.5 Å². The second-order valence-electron chi connectivity index (χ2n) is 6.78. The molecule has 3 rings (SSSR count). The summed E-state index contributed by atoms with van der Waals surface area (Å²) in [5.74, 6) is 0.582. The monoisotopic (exact) mass is 389 g/mol. The molecule has 0 saturated carbocycles. The first-order valence-corrected chi connectivity index (χ1v) is 9.47. The topological polar surface area (TPSA) is 93.2 Å². The van der Waals surface area contributed by atoms with Gasteiger partial charge in [-0.2, -0.15) is 0 Å². The molecule has 2 atom stereocenters. The minimum absolute atomic E-state index is 0.189. The van der Waals surface area contributed by atoms with E-state index in [4.69, 9.17) is 29.1 Å². The maximum absolute atomic E-state index is 11.2. The molecule has 2 N–H and O–H groups in total. The molecule has 152 valence electrons. The van der Waals surface area contributed by atoms with Gasteiger partial charge in [0.15, 0.2) is 0 Å². The predicted octanol–water partition coefficient (Wildman–Crippen LogP) is 2.91. The molecule has 1 saturated heterocycles. The number of esters is 1. The number of carbonyl (C=O) groups is 1. The van der Waals surface area contributed by atoms with Crippen molar-refractivity contribution in [2.45, 2.75) is 38.0 Å². The first kappa shape index (κ1) is 20.4. The van der Waals surface area contributed by atoms with Crippen LogP contribution in [0.5, 0.6) is 5.75 Å². The van der Waals surface area contributed by atoms with Crippen LogP contribution in [0.4, 0.5) is 0 Å². The number of furan rings is 1. The number of nitrogens with two attached hydrogens (primary N) is 1. The third-order valence-electron chi connectivity index (χ3n) is 4.60. The third-order valence-corrected chi connectivity index (χ3v) is 4.60. The van der Waals surface area contributed by atoms with E-state index in [0.717, 1.165) is 28.9 Å². The van der Waals surface area contributed by atoms with Gasteiger partial charge in [-0.15, -0.1) is 0 Å². The zero-order valence-electron chi connectivity index (χ0n) is 16.1. The maximum atomic E-state index is 11.2. The number of benzene rings is 1. The Morgan fingerprint density at radius 3 is 2.89 bits per heavy atom. The Kier molecular flexibility index (Phi) is 7.47. The van der Waals surface area contributed by atoms with E-state index in [1.54, 1.807) is 19.6 Å². The summed E-state index contributed by atoms with van der Waals surface area (Å²) in [4.78, 5) is 11.2. The summed E-state index contributed by atoms with van der Waals surface area (Å²) in [5, 5.41) is 0. The van der Waals surface area contributed by atoms with Crippen LogP contribution >= 0.6 is 0 Å². The Balaban J connectivity index is 1.58. The fourth-order valence-electron chi connectivity index (χ4n) is 3.09. The molecule has 1 fully saturated rings. The quantitative estimate of drug-likeness (QED) is 0.466. The van der Waals surface area contributed by atoms with Gasteiger partial charge < -0.3 is 29.1 Å². The lowest BCUT2D eigenvalue weighted by molar-refractivity contribution is -0.142. The second kappa shape index (κ2) is 10.3. The van der Waals surface area contributed by atoms with Crippen LogP contribution in [0.3, 0.4) is 0 Å². The zero-order valence-corrected chi connectivity index (χ0v) is 16.1. The SMILES string of the molecule is COCCCOc1cc(COCC(N)C2CCC(=O)O2)ccc1-c1ccoc1. The molecule has 2 heterocycles. The van der Waals surface area contributed by atoms with Gasteiger partial charge in [0.05, 0.1) is 38.4 Å². The van der Waals surface area contributed by atoms with Crippen molar-refractivity contribution in [2.24, 2.45) is 5.73 Å². The Bertz CT molecular complexity index is 745. The summed E-state index contributed by atoms with van der Waals surface area (Å²) in [6.45, 7) is 1.92. The maximum Gasteiger partial charge on any atom is 0.306 e. The summed E-state index contributed by atoms with van der Waals surface area (Å²) >= 11 is 0. The van der Waals surface area contributed by atoms with Crippen molar-refractivity contribution in [1.29, 1.82) is 0 Å². The smallest absolute Gasteiger partial charge is 0.306 e. The summed E-state index contributed by atoms with van der Waals surface area (Å²) in [5.41, 5.74) is 8.97. The standard InChI is InChI=1S/C21H27NO6/c1-24-8-2-9-27-20-11-15(3-4-17(20)16-7-10-25-13-16)12-26-14-18(22)19-5-6-21(23)28-19/h3-4,7,10-11,13,18-19H,2,5-6,8-9,12,14,22H2,1H3. The van der Waals surface area contributed by atoms with Crippen molar-refractivity contribution >= 4 is 5.97 Å². The zero-order chi connectivity index (χ0) is 19.8. The summed E-state index contributed by atoms with van der Waals surface area (Å²) in [6, 6.07) is 7.53. The van der Waals surface area contributed by atoms with E-state index in [2.05, 4.69) is 0 Å². The van der Waals surface area contributed by atoms with Gasteiger partial charge in [0.25, 0.3) is 0 Å². The molecular weight excluding hydrogens is 362 g/mol. The van der Waals surface area contributed by atoms with Crippen LogP contribution in [0.1, 0.15) is 24.8 Å². The Morgan fingerprint density at radius 1 is 1.29 bits per heavy atom. The van der Waals surface area contributed by atoms with E-state index in [1.165, 1.54) is 0 Å². The fourth-order valence-corrected chi connectivity index (χ4v) is 3.09. The summed E-state index contributed by atoms with van der Waals surface area (Å²) in [7, 11) is 1.67. The first-order chi connectivity index (χ1) is 13.7. The Hall–Kier alpha value is -2.35. The van der Waals surface area contributed by atoms with Crippen molar-refractivity contribution in [1.82, 2.24) is 0 Å². The lowest BCUT2D eigenvalue weighted by Crippen LogP contribution is -2.38. The highest BCUT2D eigenvalue weighted by Crippen LogP contribution is 2.32. The molecule has 1 aliphatic rings. The van der Waals surface area contributed by atoms with Crippen LogP contribution in [0.15, 0.2) is 41.2 Å². The highest BCUT2D eigenvalue weighted by Gasteiger charge is 2.28. The minimum atomic E-state index is -0.318. The minimum Gasteiger partial charge on any atom is -0.493 e. The number of hydrogen-bond donors (Lipinski definition) is 1. The van der Waals surface area contributed by atoms with Crippen molar-refractivity contribution in [3.05, 3.63) is 42.4 Å². The normalized spacial score (nSPS) is 17.5. The Morgan fingerprint density at radius 2 is 2.18 bits per heavy atom. The van der Waals surface area contributed by atoms with Crippen LogP contribution in [0.25, 0.3) is 11.1 Å². The molecule has 1 aromatic carbocycles. The molecule has 0 amide bonds.